The number of carbonyl (C=O) groups excluding carboxylic acids is 1. The Kier molecular flexibility index (Phi) is 5.72. The summed E-state index contributed by atoms with van der Waals surface area (Å²) < 4.78 is 19.2. The summed E-state index contributed by atoms with van der Waals surface area (Å²) in [7, 11) is 0. The molecule has 0 heterocycles. The second-order valence-electron chi connectivity index (χ2n) is 6.91. The fraction of sp³-hybridized carbons (Fsp3) is 0.130. The van der Waals surface area contributed by atoms with Crippen LogP contribution in [0, 0.1) is 9.39 Å². The predicted octanol–water partition coefficient (Wildman–Crippen LogP) is 5.09. The summed E-state index contributed by atoms with van der Waals surface area (Å²) in [6, 6.07) is 18.3. The molecule has 0 saturated heterocycles. The highest BCUT2D eigenvalue weighted by Gasteiger charge is 2.30. The molecule has 1 aliphatic rings. The molecule has 0 aromatic heterocycles. The van der Waals surface area contributed by atoms with Crippen LogP contribution < -0.4 is 5.32 Å². The third-order valence-corrected chi connectivity index (χ3v) is 6.06. The van der Waals surface area contributed by atoms with Gasteiger partial charge < -0.3 is 15.2 Å². The zero-order chi connectivity index (χ0) is 21.3. The molecular formula is C23H17FINO4. The highest BCUT2D eigenvalue weighted by Crippen LogP contribution is 2.44. The Balaban J connectivity index is 1.50. The molecule has 4 rings (SSSR count). The number of carboxylic acids is 1. The first-order valence-electron chi connectivity index (χ1n) is 9.25. The molecule has 0 saturated carbocycles. The summed E-state index contributed by atoms with van der Waals surface area (Å²) in [6.07, 6.45) is -0.843. The number of hydrogen-bond acceptors (Lipinski definition) is 3. The van der Waals surface area contributed by atoms with Crippen molar-refractivity contribution in [1.29, 1.82) is 0 Å². The molecule has 0 fully saturated rings. The van der Waals surface area contributed by atoms with Crippen molar-refractivity contribution in [1.82, 2.24) is 5.32 Å². The molecule has 0 aliphatic heterocycles. The van der Waals surface area contributed by atoms with E-state index in [9.17, 15) is 19.1 Å². The van der Waals surface area contributed by atoms with E-state index in [1.807, 2.05) is 71.1 Å². The monoisotopic (exact) mass is 517 g/mol. The number of ether oxygens (including phenoxy) is 1. The maximum Gasteiger partial charge on any atom is 0.408 e. The first-order valence-corrected chi connectivity index (χ1v) is 10.3. The number of amides is 1. The number of carbonyl (C=O) groups is 2. The zero-order valence-electron chi connectivity index (χ0n) is 15.6. The normalized spacial score (nSPS) is 13.3. The van der Waals surface area contributed by atoms with Crippen LogP contribution in [0.15, 0.2) is 66.7 Å². The predicted molar refractivity (Wildman–Crippen MR) is 118 cm³/mol. The van der Waals surface area contributed by atoms with E-state index in [1.165, 1.54) is 12.1 Å². The van der Waals surface area contributed by atoms with Crippen LogP contribution >= 0.6 is 22.6 Å². The maximum atomic E-state index is 13.3. The van der Waals surface area contributed by atoms with E-state index in [4.69, 9.17) is 4.74 Å². The lowest BCUT2D eigenvalue weighted by molar-refractivity contribution is -0.139. The molecule has 1 unspecified atom stereocenters. The minimum atomic E-state index is -1.34. The average Bonchev–Trinajstić information content (AvgIpc) is 3.05. The van der Waals surface area contributed by atoms with Gasteiger partial charge in [-0.2, -0.15) is 0 Å². The van der Waals surface area contributed by atoms with E-state index < -0.39 is 23.9 Å². The quantitative estimate of drug-likeness (QED) is 0.463. The summed E-state index contributed by atoms with van der Waals surface area (Å²) >= 11 is 1.84. The van der Waals surface area contributed by atoms with Gasteiger partial charge in [0.15, 0.2) is 6.04 Å². The van der Waals surface area contributed by atoms with E-state index >= 15 is 0 Å². The van der Waals surface area contributed by atoms with Gasteiger partial charge in [-0.1, -0.05) is 54.6 Å². The highest BCUT2D eigenvalue weighted by atomic mass is 127. The second-order valence-corrected chi connectivity index (χ2v) is 8.07. The van der Waals surface area contributed by atoms with Gasteiger partial charge in [0.1, 0.15) is 12.4 Å². The Labute approximate surface area is 186 Å². The Bertz CT molecular complexity index is 1090. The van der Waals surface area contributed by atoms with Crippen molar-refractivity contribution >= 4 is 34.7 Å². The molecule has 2 N–H and O–H groups in total. The van der Waals surface area contributed by atoms with Gasteiger partial charge in [0.25, 0.3) is 0 Å². The van der Waals surface area contributed by atoms with Crippen molar-refractivity contribution in [3.8, 4) is 11.1 Å². The fourth-order valence-corrected chi connectivity index (χ4v) is 4.55. The van der Waals surface area contributed by atoms with Gasteiger partial charge >= 0.3 is 12.1 Å². The minimum absolute atomic E-state index is 0.0761. The first kappa shape index (κ1) is 20.3. The van der Waals surface area contributed by atoms with Crippen LogP contribution in [0.5, 0.6) is 0 Å². The van der Waals surface area contributed by atoms with Crippen LogP contribution in [-0.2, 0) is 9.53 Å². The largest absolute Gasteiger partial charge is 0.479 e. The number of carboxylic acid groups (broad SMARTS) is 1. The Morgan fingerprint density at radius 1 is 1.03 bits per heavy atom. The van der Waals surface area contributed by atoms with Crippen molar-refractivity contribution in [2.45, 2.75) is 12.0 Å². The summed E-state index contributed by atoms with van der Waals surface area (Å²) in [5.41, 5.74) is 4.62. The third-order valence-electron chi connectivity index (χ3n) is 5.13. The molecule has 7 heteroatoms. The third kappa shape index (κ3) is 3.89. The maximum absolute atomic E-state index is 13.3. The lowest BCUT2D eigenvalue weighted by atomic mass is 9.98. The van der Waals surface area contributed by atoms with Crippen molar-refractivity contribution < 1.29 is 23.8 Å². The summed E-state index contributed by atoms with van der Waals surface area (Å²) in [5.74, 6) is -1.86. The average molecular weight is 517 g/mol. The lowest BCUT2D eigenvalue weighted by Gasteiger charge is -2.18. The standard InChI is InChI=1S/C23H17FINO4/c24-13-9-10-18(20(25)11-13)21(22(27)28)26-23(29)30-12-19-16-7-3-1-5-14(16)15-6-2-4-8-17(15)19/h1-11,19,21H,12H2,(H,26,29)(H,27,28). The highest BCUT2D eigenvalue weighted by molar-refractivity contribution is 14.1. The van der Waals surface area contributed by atoms with Crippen molar-refractivity contribution in [2.24, 2.45) is 0 Å². The number of benzene rings is 3. The Morgan fingerprint density at radius 3 is 2.20 bits per heavy atom. The van der Waals surface area contributed by atoms with Gasteiger partial charge in [-0.15, -0.1) is 0 Å². The van der Waals surface area contributed by atoms with Crippen LogP contribution in [0.25, 0.3) is 11.1 Å². The van der Waals surface area contributed by atoms with Crippen molar-refractivity contribution in [3.05, 3.63) is 92.8 Å². The molecule has 0 radical (unpaired) electrons. The van der Waals surface area contributed by atoms with Crippen LogP contribution in [0.2, 0.25) is 0 Å². The van der Waals surface area contributed by atoms with E-state index in [-0.39, 0.29) is 18.1 Å². The summed E-state index contributed by atoms with van der Waals surface area (Å²) in [6.45, 7) is 0.0761. The molecule has 1 atom stereocenters. The first-order chi connectivity index (χ1) is 14.5. The molecule has 0 spiro atoms. The molecule has 30 heavy (non-hydrogen) atoms. The van der Waals surface area contributed by atoms with Gasteiger partial charge in [-0.25, -0.2) is 14.0 Å². The second kappa shape index (κ2) is 8.43. The smallest absolute Gasteiger partial charge is 0.408 e. The van der Waals surface area contributed by atoms with Crippen molar-refractivity contribution in [3.63, 3.8) is 0 Å². The summed E-state index contributed by atoms with van der Waals surface area (Å²) in [4.78, 5) is 24.1. The van der Waals surface area contributed by atoms with E-state index in [0.717, 1.165) is 28.3 Å². The summed E-state index contributed by atoms with van der Waals surface area (Å²) in [5, 5.41) is 11.9. The number of alkyl carbamates (subject to hydrolysis) is 1. The van der Waals surface area contributed by atoms with Crippen LogP contribution in [0.1, 0.15) is 28.7 Å². The van der Waals surface area contributed by atoms with Crippen LogP contribution in [0.4, 0.5) is 9.18 Å². The molecule has 0 bridgehead atoms. The minimum Gasteiger partial charge on any atom is -0.479 e. The number of aliphatic carboxylic acids is 1. The molecule has 1 amide bonds. The number of halogens is 2. The van der Waals surface area contributed by atoms with Gasteiger partial charge in [0.2, 0.25) is 0 Å². The van der Waals surface area contributed by atoms with E-state index in [0.29, 0.717) is 3.57 Å². The lowest BCUT2D eigenvalue weighted by Crippen LogP contribution is -2.35. The number of fused-ring (bicyclic) bond motifs is 3. The molecular weight excluding hydrogens is 500 g/mol. The number of rotatable bonds is 5. The molecule has 1 aliphatic carbocycles. The van der Waals surface area contributed by atoms with Gasteiger partial charge in [-0.3, -0.25) is 0 Å². The Morgan fingerprint density at radius 2 is 1.63 bits per heavy atom. The molecule has 3 aromatic carbocycles. The van der Waals surface area contributed by atoms with Crippen LogP contribution in [-0.4, -0.2) is 23.8 Å². The Hall–Kier alpha value is -2.94. The molecule has 5 nitrogen and oxygen atoms in total. The van der Waals surface area contributed by atoms with Crippen LogP contribution in [0.3, 0.4) is 0 Å². The fourth-order valence-electron chi connectivity index (χ4n) is 3.77. The van der Waals surface area contributed by atoms with Gasteiger partial charge in [-0.05, 0) is 62.5 Å². The SMILES string of the molecule is O=C(NC(C(=O)O)c1ccc(F)cc1I)OCC1c2ccccc2-c2ccccc21. The van der Waals surface area contributed by atoms with E-state index in [2.05, 4.69) is 5.32 Å². The molecule has 3 aromatic rings. The molecule has 152 valence electrons. The number of nitrogens with one attached hydrogen (secondary N) is 1. The number of hydrogen-bond donors (Lipinski definition) is 2. The van der Waals surface area contributed by atoms with Gasteiger partial charge in [0, 0.05) is 9.49 Å². The van der Waals surface area contributed by atoms with E-state index in [1.54, 1.807) is 0 Å². The topological polar surface area (TPSA) is 75.6 Å². The van der Waals surface area contributed by atoms with Gasteiger partial charge in [0.05, 0.1) is 0 Å². The van der Waals surface area contributed by atoms with Crippen molar-refractivity contribution in [2.75, 3.05) is 6.61 Å². The zero-order valence-corrected chi connectivity index (χ0v) is 17.8.